The molecule has 3 aromatic rings. The van der Waals surface area contributed by atoms with Crippen molar-refractivity contribution in [1.29, 1.82) is 0 Å². The van der Waals surface area contributed by atoms with Gasteiger partial charge in [0.1, 0.15) is 11.1 Å². The minimum Gasteiger partial charge on any atom is -0.495 e. The standard InChI is InChI=1S/C23H19ClN2O3S/c1-29-20-9-5-4-8-19(20)26-21(27)14-30-23(26)17-6-2-3-7-18(17)25-22(28)15-10-12-16(24)13-11-15/h2-13,23H,14H2,1H3,(H,25,28). The maximum Gasteiger partial charge on any atom is 0.255 e. The third-order valence-electron chi connectivity index (χ3n) is 4.79. The zero-order valence-electron chi connectivity index (χ0n) is 16.2. The molecule has 3 aromatic carbocycles. The van der Waals surface area contributed by atoms with Crippen LogP contribution in [0.25, 0.3) is 0 Å². The van der Waals surface area contributed by atoms with Gasteiger partial charge in [-0.3, -0.25) is 14.5 Å². The molecule has 30 heavy (non-hydrogen) atoms. The molecule has 1 atom stereocenters. The van der Waals surface area contributed by atoms with Gasteiger partial charge in [-0.2, -0.15) is 0 Å². The molecule has 0 spiro atoms. The van der Waals surface area contributed by atoms with E-state index in [-0.39, 0.29) is 17.2 Å². The van der Waals surface area contributed by atoms with E-state index in [1.165, 1.54) is 11.8 Å². The molecule has 152 valence electrons. The van der Waals surface area contributed by atoms with Crippen LogP contribution in [0.2, 0.25) is 5.02 Å². The van der Waals surface area contributed by atoms with Crippen LogP contribution in [-0.2, 0) is 4.79 Å². The summed E-state index contributed by atoms with van der Waals surface area (Å²) in [5.74, 6) is 0.731. The van der Waals surface area contributed by atoms with Crippen molar-refractivity contribution >= 4 is 46.6 Å². The quantitative estimate of drug-likeness (QED) is 0.581. The molecule has 0 aromatic heterocycles. The maximum absolute atomic E-state index is 12.8. The average Bonchev–Trinajstić information content (AvgIpc) is 3.15. The number of hydrogen-bond acceptors (Lipinski definition) is 4. The van der Waals surface area contributed by atoms with Gasteiger partial charge in [0.05, 0.1) is 18.6 Å². The van der Waals surface area contributed by atoms with Gasteiger partial charge in [-0.25, -0.2) is 0 Å². The number of nitrogens with one attached hydrogen (secondary N) is 1. The second kappa shape index (κ2) is 8.81. The number of carbonyl (C=O) groups excluding carboxylic acids is 2. The highest BCUT2D eigenvalue weighted by Crippen LogP contribution is 2.46. The van der Waals surface area contributed by atoms with E-state index in [2.05, 4.69) is 5.32 Å². The number of rotatable bonds is 5. The van der Waals surface area contributed by atoms with Crippen LogP contribution in [-0.4, -0.2) is 24.7 Å². The van der Waals surface area contributed by atoms with Gasteiger partial charge in [0.2, 0.25) is 5.91 Å². The topological polar surface area (TPSA) is 58.6 Å². The Morgan fingerprint density at radius 1 is 1.07 bits per heavy atom. The number of methoxy groups -OCH3 is 1. The molecule has 1 heterocycles. The molecule has 1 aliphatic rings. The molecule has 1 saturated heterocycles. The fourth-order valence-electron chi connectivity index (χ4n) is 3.37. The van der Waals surface area contributed by atoms with E-state index >= 15 is 0 Å². The number of para-hydroxylation sites is 3. The zero-order chi connectivity index (χ0) is 21.1. The number of nitrogens with zero attached hydrogens (tertiary/aromatic N) is 1. The van der Waals surface area contributed by atoms with E-state index in [0.29, 0.717) is 33.5 Å². The predicted octanol–water partition coefficient (Wildman–Crippen LogP) is 5.38. The third-order valence-corrected chi connectivity index (χ3v) is 6.24. The van der Waals surface area contributed by atoms with Gasteiger partial charge in [0, 0.05) is 21.8 Å². The number of anilines is 2. The van der Waals surface area contributed by atoms with Crippen molar-refractivity contribution in [3.8, 4) is 5.75 Å². The second-order valence-corrected chi connectivity index (χ2v) is 8.15. The van der Waals surface area contributed by atoms with Gasteiger partial charge in [-0.1, -0.05) is 41.9 Å². The summed E-state index contributed by atoms with van der Waals surface area (Å²) < 4.78 is 5.47. The Bertz CT molecular complexity index is 1090. The van der Waals surface area contributed by atoms with Gasteiger partial charge < -0.3 is 10.1 Å². The summed E-state index contributed by atoms with van der Waals surface area (Å²) in [5, 5.41) is 3.26. The molecule has 1 unspecified atom stereocenters. The molecule has 0 aliphatic carbocycles. The number of thioether (sulfide) groups is 1. The van der Waals surface area contributed by atoms with E-state index in [1.54, 1.807) is 36.3 Å². The lowest BCUT2D eigenvalue weighted by Crippen LogP contribution is -2.29. The maximum atomic E-state index is 12.8. The first-order valence-corrected chi connectivity index (χ1v) is 10.7. The molecule has 4 rings (SSSR count). The van der Waals surface area contributed by atoms with E-state index in [4.69, 9.17) is 16.3 Å². The lowest BCUT2D eigenvalue weighted by molar-refractivity contribution is -0.115. The number of amides is 2. The average molecular weight is 439 g/mol. The number of hydrogen-bond donors (Lipinski definition) is 1. The Morgan fingerprint density at radius 2 is 1.77 bits per heavy atom. The van der Waals surface area contributed by atoms with Crippen molar-refractivity contribution in [2.45, 2.75) is 5.37 Å². The summed E-state index contributed by atoms with van der Waals surface area (Å²) >= 11 is 7.44. The summed E-state index contributed by atoms with van der Waals surface area (Å²) in [6.07, 6.45) is 0. The number of halogens is 1. The molecule has 1 N–H and O–H groups in total. The Hall–Kier alpha value is -2.96. The van der Waals surface area contributed by atoms with Crippen LogP contribution < -0.4 is 15.0 Å². The highest BCUT2D eigenvalue weighted by molar-refractivity contribution is 8.00. The summed E-state index contributed by atoms with van der Waals surface area (Å²) in [4.78, 5) is 27.2. The Morgan fingerprint density at radius 3 is 2.53 bits per heavy atom. The van der Waals surface area contributed by atoms with Crippen LogP contribution in [0, 0.1) is 0 Å². The SMILES string of the molecule is COc1ccccc1N1C(=O)CSC1c1ccccc1NC(=O)c1ccc(Cl)cc1. The Kier molecular flexibility index (Phi) is 5.97. The highest BCUT2D eigenvalue weighted by Gasteiger charge is 2.36. The number of carbonyl (C=O) groups is 2. The minimum atomic E-state index is -0.282. The molecule has 5 nitrogen and oxygen atoms in total. The first-order valence-electron chi connectivity index (χ1n) is 9.31. The van der Waals surface area contributed by atoms with Crippen LogP contribution in [0.15, 0.2) is 72.8 Å². The van der Waals surface area contributed by atoms with Crippen molar-refractivity contribution in [3.05, 3.63) is 88.9 Å². The van der Waals surface area contributed by atoms with E-state index < -0.39 is 0 Å². The van der Waals surface area contributed by atoms with Crippen molar-refractivity contribution in [2.75, 3.05) is 23.1 Å². The highest BCUT2D eigenvalue weighted by atomic mass is 35.5. The predicted molar refractivity (Wildman–Crippen MR) is 122 cm³/mol. The van der Waals surface area contributed by atoms with E-state index in [0.717, 1.165) is 5.56 Å². The summed E-state index contributed by atoms with van der Waals surface area (Å²) in [6.45, 7) is 0. The molecule has 0 radical (unpaired) electrons. The normalized spacial score (nSPS) is 15.9. The van der Waals surface area contributed by atoms with Crippen molar-refractivity contribution in [2.24, 2.45) is 0 Å². The summed E-state index contributed by atoms with van der Waals surface area (Å²) in [5.41, 5.74) is 2.72. The largest absolute Gasteiger partial charge is 0.495 e. The zero-order valence-corrected chi connectivity index (χ0v) is 17.7. The molecule has 7 heteroatoms. The lowest BCUT2D eigenvalue weighted by atomic mass is 10.1. The van der Waals surface area contributed by atoms with Gasteiger partial charge in [0.25, 0.3) is 5.91 Å². The van der Waals surface area contributed by atoms with E-state index in [1.807, 2.05) is 48.5 Å². The van der Waals surface area contributed by atoms with Crippen LogP contribution in [0.4, 0.5) is 11.4 Å². The first kappa shape index (κ1) is 20.3. The van der Waals surface area contributed by atoms with Crippen molar-refractivity contribution in [1.82, 2.24) is 0 Å². The Labute approximate surface area is 184 Å². The van der Waals surface area contributed by atoms with Crippen LogP contribution >= 0.6 is 23.4 Å². The first-order chi connectivity index (χ1) is 14.6. The summed E-state index contributed by atoms with van der Waals surface area (Å²) in [6, 6.07) is 21.7. The molecule has 0 saturated carbocycles. The molecule has 1 fully saturated rings. The van der Waals surface area contributed by atoms with Gasteiger partial charge in [-0.05, 0) is 42.5 Å². The smallest absolute Gasteiger partial charge is 0.255 e. The van der Waals surface area contributed by atoms with Crippen LogP contribution in [0.3, 0.4) is 0 Å². The van der Waals surface area contributed by atoms with Crippen molar-refractivity contribution < 1.29 is 14.3 Å². The molecule has 0 bridgehead atoms. The molecule has 2 amide bonds. The van der Waals surface area contributed by atoms with Crippen LogP contribution in [0.1, 0.15) is 21.3 Å². The fraction of sp³-hybridized carbons (Fsp3) is 0.130. The van der Waals surface area contributed by atoms with Crippen molar-refractivity contribution in [3.63, 3.8) is 0 Å². The second-order valence-electron chi connectivity index (χ2n) is 6.65. The fourth-order valence-corrected chi connectivity index (χ4v) is 4.70. The number of ether oxygens (including phenoxy) is 1. The molecule has 1 aliphatic heterocycles. The number of benzene rings is 3. The molecular formula is C23H19ClN2O3S. The van der Waals surface area contributed by atoms with Crippen LogP contribution in [0.5, 0.6) is 5.75 Å². The van der Waals surface area contributed by atoms with Gasteiger partial charge >= 0.3 is 0 Å². The minimum absolute atomic E-state index is 0.00618. The molecular weight excluding hydrogens is 420 g/mol. The summed E-state index contributed by atoms with van der Waals surface area (Å²) in [7, 11) is 1.59. The third kappa shape index (κ3) is 4.01. The lowest BCUT2D eigenvalue weighted by Gasteiger charge is -2.27. The van der Waals surface area contributed by atoms with Gasteiger partial charge in [0.15, 0.2) is 0 Å². The van der Waals surface area contributed by atoms with Gasteiger partial charge in [-0.15, -0.1) is 11.8 Å². The monoisotopic (exact) mass is 438 g/mol. The van der Waals surface area contributed by atoms with E-state index in [9.17, 15) is 9.59 Å². The Balaban J connectivity index is 1.68.